The second kappa shape index (κ2) is 6.78. The number of carbonyl (C=O) groups is 1. The molecule has 1 saturated heterocycles. The van der Waals surface area contributed by atoms with Crippen molar-refractivity contribution in [3.05, 3.63) is 42.2 Å². The van der Waals surface area contributed by atoms with Gasteiger partial charge < -0.3 is 14.4 Å². The lowest BCUT2D eigenvalue weighted by Crippen LogP contribution is -2.40. The highest BCUT2D eigenvalue weighted by molar-refractivity contribution is 5.84. The van der Waals surface area contributed by atoms with Gasteiger partial charge in [0.15, 0.2) is 11.5 Å². The van der Waals surface area contributed by atoms with E-state index in [0.717, 1.165) is 43.0 Å². The topological polar surface area (TPSA) is 56.6 Å². The highest BCUT2D eigenvalue weighted by Crippen LogP contribution is 2.34. The van der Waals surface area contributed by atoms with Crippen molar-refractivity contribution in [1.82, 2.24) is 14.7 Å². The first-order chi connectivity index (χ1) is 12.2. The minimum atomic E-state index is -0.200. The van der Waals surface area contributed by atoms with Gasteiger partial charge in [-0.15, -0.1) is 0 Å². The Morgan fingerprint density at radius 1 is 1.32 bits per heavy atom. The van der Waals surface area contributed by atoms with Crippen LogP contribution >= 0.6 is 0 Å². The fourth-order valence-corrected chi connectivity index (χ4v) is 3.66. The van der Waals surface area contributed by atoms with Crippen molar-refractivity contribution in [3.8, 4) is 11.5 Å². The Kier molecular flexibility index (Phi) is 4.34. The summed E-state index contributed by atoms with van der Waals surface area (Å²) < 4.78 is 13.1. The monoisotopic (exact) mass is 341 g/mol. The molecule has 0 spiro atoms. The highest BCUT2D eigenvalue weighted by atomic mass is 16.6. The summed E-state index contributed by atoms with van der Waals surface area (Å²) in [6.45, 7) is 4.67. The Balaban J connectivity index is 1.49. The first kappa shape index (κ1) is 16.0. The van der Waals surface area contributed by atoms with Gasteiger partial charge in [-0.2, -0.15) is 5.10 Å². The molecule has 0 radical (unpaired) electrons. The predicted octanol–water partition coefficient (Wildman–Crippen LogP) is 2.45. The third-order valence-electron chi connectivity index (χ3n) is 5.05. The maximum absolute atomic E-state index is 13.1. The molecule has 2 aliphatic heterocycles. The van der Waals surface area contributed by atoms with Crippen molar-refractivity contribution in [2.24, 2.45) is 0 Å². The lowest BCUT2D eigenvalue weighted by molar-refractivity contribution is -0.133. The number of rotatable bonds is 4. The van der Waals surface area contributed by atoms with Crippen molar-refractivity contribution < 1.29 is 14.3 Å². The van der Waals surface area contributed by atoms with E-state index in [1.807, 2.05) is 47.0 Å². The fraction of sp³-hybridized carbons (Fsp3) is 0.474. The molecule has 4 rings (SSSR count). The number of amides is 1. The second-order valence-electron chi connectivity index (χ2n) is 6.68. The van der Waals surface area contributed by atoms with Crippen LogP contribution in [0, 0.1) is 0 Å². The fourth-order valence-electron chi connectivity index (χ4n) is 3.66. The summed E-state index contributed by atoms with van der Waals surface area (Å²) in [7, 11) is 0. The van der Waals surface area contributed by atoms with E-state index >= 15 is 0 Å². The van der Waals surface area contributed by atoms with Gasteiger partial charge in [0.1, 0.15) is 13.2 Å². The predicted molar refractivity (Wildman–Crippen MR) is 92.8 cm³/mol. The van der Waals surface area contributed by atoms with Crippen molar-refractivity contribution in [2.75, 3.05) is 19.8 Å². The van der Waals surface area contributed by atoms with Gasteiger partial charge in [-0.1, -0.05) is 6.07 Å². The molecule has 0 aliphatic carbocycles. The first-order valence-electron chi connectivity index (χ1n) is 8.90. The molecule has 2 aromatic rings. The van der Waals surface area contributed by atoms with E-state index in [1.165, 1.54) is 0 Å². The van der Waals surface area contributed by atoms with Crippen LogP contribution in [0.25, 0.3) is 0 Å². The van der Waals surface area contributed by atoms with Crippen LogP contribution in [0.4, 0.5) is 0 Å². The van der Waals surface area contributed by atoms with E-state index in [-0.39, 0.29) is 17.9 Å². The Morgan fingerprint density at radius 2 is 2.16 bits per heavy atom. The average molecular weight is 341 g/mol. The Bertz CT molecular complexity index is 744. The molecule has 6 nitrogen and oxygen atoms in total. The van der Waals surface area contributed by atoms with Crippen LogP contribution < -0.4 is 9.47 Å². The second-order valence-corrected chi connectivity index (χ2v) is 6.68. The van der Waals surface area contributed by atoms with E-state index in [1.54, 1.807) is 6.20 Å². The maximum atomic E-state index is 13.1. The summed E-state index contributed by atoms with van der Waals surface area (Å²) in [5, 5.41) is 4.27. The first-order valence-corrected chi connectivity index (χ1v) is 8.90. The molecule has 6 heteroatoms. The minimum absolute atomic E-state index is 0.173. The molecule has 0 N–H and O–H groups in total. The molecule has 1 amide bonds. The molecule has 1 fully saturated rings. The zero-order valence-electron chi connectivity index (χ0n) is 14.4. The van der Waals surface area contributed by atoms with Crippen LogP contribution in [-0.4, -0.2) is 46.4 Å². The molecule has 1 aromatic carbocycles. The molecule has 132 valence electrons. The van der Waals surface area contributed by atoms with E-state index in [0.29, 0.717) is 13.2 Å². The molecular formula is C19H23N3O3. The number of aromatic nitrogens is 2. The van der Waals surface area contributed by atoms with Gasteiger partial charge in [-0.05, 0) is 43.5 Å². The van der Waals surface area contributed by atoms with Crippen molar-refractivity contribution in [3.63, 3.8) is 0 Å². The smallest absolute Gasteiger partial charge is 0.230 e. The van der Waals surface area contributed by atoms with Crippen LogP contribution in [0.15, 0.2) is 36.7 Å². The summed E-state index contributed by atoms with van der Waals surface area (Å²) in [4.78, 5) is 15.1. The molecule has 2 aliphatic rings. The zero-order chi connectivity index (χ0) is 17.2. The molecule has 0 bridgehead atoms. The van der Waals surface area contributed by atoms with Crippen molar-refractivity contribution in [1.29, 1.82) is 0 Å². The number of benzene rings is 1. The van der Waals surface area contributed by atoms with Crippen LogP contribution in [0.2, 0.25) is 0 Å². The van der Waals surface area contributed by atoms with Crippen LogP contribution in [-0.2, 0) is 11.3 Å². The third-order valence-corrected chi connectivity index (χ3v) is 5.05. The SMILES string of the molecule is C[C@@H](C(=O)N1CCC[C@@H]1Cn1cccn1)c1ccc2c(c1)OCCO2. The number of fused-ring (bicyclic) bond motifs is 1. The summed E-state index contributed by atoms with van der Waals surface area (Å²) >= 11 is 0. The quantitative estimate of drug-likeness (QED) is 0.857. The largest absolute Gasteiger partial charge is 0.486 e. The van der Waals surface area contributed by atoms with Crippen LogP contribution in [0.1, 0.15) is 31.2 Å². The van der Waals surface area contributed by atoms with Crippen LogP contribution in [0.3, 0.4) is 0 Å². The zero-order valence-corrected chi connectivity index (χ0v) is 14.4. The molecule has 0 unspecified atom stereocenters. The lowest BCUT2D eigenvalue weighted by atomic mass is 9.98. The minimum Gasteiger partial charge on any atom is -0.486 e. The van der Waals surface area contributed by atoms with E-state index in [9.17, 15) is 4.79 Å². The highest BCUT2D eigenvalue weighted by Gasteiger charge is 2.32. The summed E-state index contributed by atoms with van der Waals surface area (Å²) in [6.07, 6.45) is 5.80. The number of hydrogen-bond acceptors (Lipinski definition) is 4. The molecule has 25 heavy (non-hydrogen) atoms. The van der Waals surface area contributed by atoms with Crippen molar-refractivity contribution >= 4 is 5.91 Å². The summed E-state index contributed by atoms with van der Waals surface area (Å²) in [5.41, 5.74) is 0.971. The van der Waals surface area contributed by atoms with Gasteiger partial charge in [0, 0.05) is 18.9 Å². The number of nitrogens with zero attached hydrogens (tertiary/aromatic N) is 3. The summed E-state index contributed by atoms with van der Waals surface area (Å²) in [5.74, 6) is 1.46. The molecule has 0 saturated carbocycles. The van der Waals surface area contributed by atoms with Crippen LogP contribution in [0.5, 0.6) is 11.5 Å². The van der Waals surface area contributed by atoms with E-state index < -0.39 is 0 Å². The standard InChI is InChI=1S/C19H23N3O3/c1-14(15-5-6-17-18(12-15)25-11-10-24-17)19(23)22-9-2-4-16(22)13-21-8-3-7-20-21/h3,5-8,12,14,16H,2,4,9-11,13H2,1H3/t14-,16-/m1/s1. The number of carbonyl (C=O) groups excluding carboxylic acids is 1. The molecular weight excluding hydrogens is 318 g/mol. The van der Waals surface area contributed by atoms with Gasteiger partial charge in [-0.3, -0.25) is 9.48 Å². The van der Waals surface area contributed by atoms with Gasteiger partial charge in [0.2, 0.25) is 5.91 Å². The van der Waals surface area contributed by atoms with Gasteiger partial charge in [-0.25, -0.2) is 0 Å². The van der Waals surface area contributed by atoms with Gasteiger partial charge in [0.05, 0.1) is 18.5 Å². The number of hydrogen-bond donors (Lipinski definition) is 0. The normalized spacial score (nSPS) is 20.5. The lowest BCUT2D eigenvalue weighted by Gasteiger charge is -2.28. The maximum Gasteiger partial charge on any atom is 0.230 e. The van der Waals surface area contributed by atoms with E-state index in [2.05, 4.69) is 5.10 Å². The molecule has 3 heterocycles. The Hall–Kier alpha value is -2.50. The number of ether oxygens (including phenoxy) is 2. The Labute approximate surface area is 147 Å². The van der Waals surface area contributed by atoms with Crippen molar-refractivity contribution in [2.45, 2.75) is 38.3 Å². The average Bonchev–Trinajstić information content (AvgIpc) is 3.32. The van der Waals surface area contributed by atoms with E-state index in [4.69, 9.17) is 9.47 Å². The summed E-state index contributed by atoms with van der Waals surface area (Å²) in [6, 6.07) is 7.94. The molecule has 1 aromatic heterocycles. The third kappa shape index (κ3) is 3.21. The number of likely N-dealkylation sites (tertiary alicyclic amines) is 1. The molecule has 2 atom stereocenters. The van der Waals surface area contributed by atoms with Gasteiger partial charge >= 0.3 is 0 Å². The Morgan fingerprint density at radius 3 is 2.96 bits per heavy atom. The van der Waals surface area contributed by atoms with Gasteiger partial charge in [0.25, 0.3) is 0 Å².